The van der Waals surface area contributed by atoms with E-state index >= 15 is 0 Å². The molecule has 0 spiro atoms. The number of imide groups is 1. The van der Waals surface area contributed by atoms with E-state index in [0.717, 1.165) is 4.90 Å². The van der Waals surface area contributed by atoms with Crippen molar-refractivity contribution in [1.82, 2.24) is 10.2 Å². The summed E-state index contributed by atoms with van der Waals surface area (Å²) in [6.07, 6.45) is 0. The number of carbonyl (C=O) groups excluding carboxylic acids is 3. The number of nitrogens with zero attached hydrogens (tertiary/aromatic N) is 1. The second-order valence-corrected chi connectivity index (χ2v) is 7.48. The first-order valence-electron chi connectivity index (χ1n) is 7.86. The summed E-state index contributed by atoms with van der Waals surface area (Å²) in [4.78, 5) is 38.0. The molecule has 9 heteroatoms. The second kappa shape index (κ2) is 7.28. The molecule has 6 nitrogen and oxygen atoms in total. The highest BCUT2D eigenvalue weighted by atomic mass is 79.9. The molecule has 4 amide bonds. The Hall–Kier alpha value is -2.45. The summed E-state index contributed by atoms with van der Waals surface area (Å²) in [5, 5.41) is 5.43. The van der Waals surface area contributed by atoms with Gasteiger partial charge < -0.3 is 10.6 Å². The van der Waals surface area contributed by atoms with Crippen molar-refractivity contribution in [3.05, 3.63) is 63.3 Å². The van der Waals surface area contributed by atoms with Crippen LogP contribution in [-0.2, 0) is 15.1 Å². The highest BCUT2D eigenvalue weighted by Gasteiger charge is 2.49. The third-order valence-electron chi connectivity index (χ3n) is 4.20. The van der Waals surface area contributed by atoms with Crippen molar-refractivity contribution in [3.63, 3.8) is 0 Å². The molecule has 1 atom stereocenters. The second-order valence-electron chi connectivity index (χ2n) is 6.13. The Morgan fingerprint density at radius 1 is 1.26 bits per heavy atom. The number of halogens is 3. The maximum atomic E-state index is 13.8. The summed E-state index contributed by atoms with van der Waals surface area (Å²) in [7, 11) is 0. The monoisotopic (exact) mass is 453 g/mol. The van der Waals surface area contributed by atoms with Crippen LogP contribution in [-0.4, -0.2) is 29.3 Å². The molecule has 0 aromatic heterocycles. The van der Waals surface area contributed by atoms with Gasteiger partial charge in [-0.05, 0) is 42.8 Å². The number of nitrogens with one attached hydrogen (secondary N) is 2. The standard InChI is InChI=1S/C18H14BrClFN3O3/c1-18(10-2-5-12(20)6-3-10)16(26)24(17(27)23-18)9-15(25)22-14-7-4-11(19)8-13(14)21/h2-8H,9H2,1H3,(H,22,25)(H,23,27)/t18-/m1/s1. The van der Waals surface area contributed by atoms with E-state index in [1.165, 1.54) is 12.1 Å². The fourth-order valence-electron chi connectivity index (χ4n) is 2.74. The molecule has 0 saturated carbocycles. The molecule has 3 rings (SSSR count). The lowest BCUT2D eigenvalue weighted by Crippen LogP contribution is -2.42. The molecule has 2 N–H and O–H groups in total. The first-order chi connectivity index (χ1) is 12.7. The van der Waals surface area contributed by atoms with E-state index in [4.69, 9.17) is 11.6 Å². The number of urea groups is 1. The predicted octanol–water partition coefficient (Wildman–Crippen LogP) is 3.65. The third-order valence-corrected chi connectivity index (χ3v) is 4.95. The van der Waals surface area contributed by atoms with Crippen LogP contribution in [0.2, 0.25) is 5.02 Å². The highest BCUT2D eigenvalue weighted by Crippen LogP contribution is 2.29. The summed E-state index contributed by atoms with van der Waals surface area (Å²) in [5.41, 5.74) is -0.826. The van der Waals surface area contributed by atoms with Crippen LogP contribution < -0.4 is 10.6 Å². The molecule has 1 aliphatic rings. The van der Waals surface area contributed by atoms with Crippen LogP contribution in [0.25, 0.3) is 0 Å². The van der Waals surface area contributed by atoms with Crippen molar-refractivity contribution in [2.75, 3.05) is 11.9 Å². The van der Waals surface area contributed by atoms with Crippen molar-refractivity contribution < 1.29 is 18.8 Å². The Kier molecular flexibility index (Phi) is 5.21. The lowest BCUT2D eigenvalue weighted by molar-refractivity contribution is -0.133. The average Bonchev–Trinajstić information content (AvgIpc) is 2.82. The van der Waals surface area contributed by atoms with Gasteiger partial charge in [-0.2, -0.15) is 0 Å². The van der Waals surface area contributed by atoms with Gasteiger partial charge in [-0.3, -0.25) is 14.5 Å². The summed E-state index contributed by atoms with van der Waals surface area (Å²) < 4.78 is 14.4. The van der Waals surface area contributed by atoms with Crippen LogP contribution in [0.5, 0.6) is 0 Å². The van der Waals surface area contributed by atoms with E-state index in [2.05, 4.69) is 26.6 Å². The molecule has 2 aromatic rings. The van der Waals surface area contributed by atoms with Crippen molar-refractivity contribution in [3.8, 4) is 0 Å². The molecule has 2 aromatic carbocycles. The Morgan fingerprint density at radius 3 is 2.56 bits per heavy atom. The lowest BCUT2D eigenvalue weighted by Gasteiger charge is -2.22. The zero-order valence-electron chi connectivity index (χ0n) is 14.1. The third kappa shape index (κ3) is 3.81. The van der Waals surface area contributed by atoms with E-state index in [1.807, 2.05) is 0 Å². The van der Waals surface area contributed by atoms with Gasteiger partial charge in [0.1, 0.15) is 17.9 Å². The minimum atomic E-state index is -1.31. The summed E-state index contributed by atoms with van der Waals surface area (Å²) in [6, 6.07) is 9.89. The number of hydrogen-bond donors (Lipinski definition) is 2. The number of amides is 4. The van der Waals surface area contributed by atoms with Gasteiger partial charge in [0, 0.05) is 9.50 Å². The van der Waals surface area contributed by atoms with Gasteiger partial charge in [0.15, 0.2) is 0 Å². The van der Waals surface area contributed by atoms with E-state index in [1.54, 1.807) is 37.3 Å². The number of rotatable bonds is 4. The number of hydrogen-bond acceptors (Lipinski definition) is 3. The zero-order valence-corrected chi connectivity index (χ0v) is 16.4. The Morgan fingerprint density at radius 2 is 1.93 bits per heavy atom. The highest BCUT2D eigenvalue weighted by molar-refractivity contribution is 9.10. The normalized spacial score (nSPS) is 19.2. The van der Waals surface area contributed by atoms with E-state index < -0.39 is 35.7 Å². The van der Waals surface area contributed by atoms with E-state index in [-0.39, 0.29) is 5.69 Å². The topological polar surface area (TPSA) is 78.5 Å². The van der Waals surface area contributed by atoms with Crippen LogP contribution in [0.15, 0.2) is 46.9 Å². The maximum absolute atomic E-state index is 13.8. The first-order valence-corrected chi connectivity index (χ1v) is 9.03. The molecular formula is C18H14BrClFN3O3. The minimum Gasteiger partial charge on any atom is -0.322 e. The zero-order chi connectivity index (χ0) is 19.8. The predicted molar refractivity (Wildman–Crippen MR) is 102 cm³/mol. The molecule has 0 aliphatic carbocycles. The van der Waals surface area contributed by atoms with Gasteiger partial charge in [-0.1, -0.05) is 39.7 Å². The lowest BCUT2D eigenvalue weighted by atomic mass is 9.92. The van der Waals surface area contributed by atoms with Crippen LogP contribution in [0.1, 0.15) is 12.5 Å². The molecular weight excluding hydrogens is 441 g/mol. The van der Waals surface area contributed by atoms with Crippen LogP contribution >= 0.6 is 27.5 Å². The summed E-state index contributed by atoms with van der Waals surface area (Å²) in [5.74, 6) is -1.91. The number of anilines is 1. The van der Waals surface area contributed by atoms with E-state index in [9.17, 15) is 18.8 Å². The van der Waals surface area contributed by atoms with Crippen molar-refractivity contribution in [2.45, 2.75) is 12.5 Å². The van der Waals surface area contributed by atoms with Crippen LogP contribution in [0.4, 0.5) is 14.9 Å². The van der Waals surface area contributed by atoms with Gasteiger partial charge in [0.25, 0.3) is 5.91 Å². The molecule has 27 heavy (non-hydrogen) atoms. The molecule has 140 valence electrons. The molecule has 1 fully saturated rings. The van der Waals surface area contributed by atoms with Gasteiger partial charge >= 0.3 is 6.03 Å². The van der Waals surface area contributed by atoms with E-state index in [0.29, 0.717) is 15.1 Å². The fraction of sp³-hybridized carbons (Fsp3) is 0.167. The molecule has 0 radical (unpaired) electrons. The molecule has 0 bridgehead atoms. The Balaban J connectivity index is 1.75. The molecule has 1 heterocycles. The van der Waals surface area contributed by atoms with Crippen molar-refractivity contribution in [1.29, 1.82) is 0 Å². The van der Waals surface area contributed by atoms with Crippen molar-refractivity contribution >= 4 is 51.1 Å². The largest absolute Gasteiger partial charge is 0.325 e. The average molecular weight is 455 g/mol. The summed E-state index contributed by atoms with van der Waals surface area (Å²) >= 11 is 8.98. The van der Waals surface area contributed by atoms with Gasteiger partial charge in [-0.25, -0.2) is 9.18 Å². The molecule has 0 unspecified atom stereocenters. The smallest absolute Gasteiger partial charge is 0.322 e. The first kappa shape index (κ1) is 19.3. The maximum Gasteiger partial charge on any atom is 0.325 e. The number of carbonyl (C=O) groups is 3. The van der Waals surface area contributed by atoms with Gasteiger partial charge in [0.2, 0.25) is 5.91 Å². The van der Waals surface area contributed by atoms with Gasteiger partial charge in [-0.15, -0.1) is 0 Å². The molecule has 1 aliphatic heterocycles. The van der Waals surface area contributed by atoms with Crippen molar-refractivity contribution in [2.24, 2.45) is 0 Å². The number of benzene rings is 2. The van der Waals surface area contributed by atoms with Crippen LogP contribution in [0.3, 0.4) is 0 Å². The van der Waals surface area contributed by atoms with Gasteiger partial charge in [0.05, 0.1) is 5.69 Å². The molecule has 1 saturated heterocycles. The summed E-state index contributed by atoms with van der Waals surface area (Å²) in [6.45, 7) is 1.01. The Labute approximate surface area is 167 Å². The minimum absolute atomic E-state index is 0.0456. The van der Waals surface area contributed by atoms with Crippen LogP contribution in [0, 0.1) is 5.82 Å². The SMILES string of the molecule is C[C@]1(c2ccc(Cl)cc2)NC(=O)N(CC(=O)Nc2ccc(Br)cc2F)C1=O. The Bertz CT molecular complexity index is 938. The fourth-order valence-corrected chi connectivity index (χ4v) is 3.20. The quantitative estimate of drug-likeness (QED) is 0.692.